The Labute approximate surface area is 122 Å². The Kier molecular flexibility index (Phi) is 4.11. The van der Waals surface area contributed by atoms with E-state index in [2.05, 4.69) is 31.0 Å². The fourth-order valence-electron chi connectivity index (χ4n) is 4.43. The monoisotopic (exact) mass is 275 g/mol. The number of hydrogen-bond donors (Lipinski definition) is 0. The van der Waals surface area contributed by atoms with Crippen molar-refractivity contribution in [2.75, 3.05) is 7.05 Å². The van der Waals surface area contributed by atoms with E-state index in [0.29, 0.717) is 12.0 Å². The SMILES string of the molecule is C[C@H]1[C@H](c2ccccc2)[C@@H](F)[C@H](C2CCCCC2)N1C. The summed E-state index contributed by atoms with van der Waals surface area (Å²) in [6, 6.07) is 10.7. The Morgan fingerprint density at radius 3 is 2.35 bits per heavy atom. The normalized spacial score (nSPS) is 36.4. The van der Waals surface area contributed by atoms with Gasteiger partial charge in [-0.05, 0) is 38.3 Å². The molecule has 1 saturated heterocycles. The summed E-state index contributed by atoms with van der Waals surface area (Å²) >= 11 is 0. The van der Waals surface area contributed by atoms with Crippen molar-refractivity contribution in [2.24, 2.45) is 5.92 Å². The molecule has 1 aliphatic heterocycles. The van der Waals surface area contributed by atoms with Gasteiger partial charge in [-0.15, -0.1) is 0 Å². The molecule has 2 heteroatoms. The van der Waals surface area contributed by atoms with E-state index in [1.165, 1.54) is 32.1 Å². The van der Waals surface area contributed by atoms with Gasteiger partial charge in [-0.1, -0.05) is 49.6 Å². The maximum Gasteiger partial charge on any atom is 0.124 e. The average Bonchev–Trinajstić information content (AvgIpc) is 2.71. The standard InChI is InChI=1S/C18H26FN/c1-13-16(14-9-5-3-6-10-14)17(19)18(20(13)2)15-11-7-4-8-12-15/h3,5-6,9-10,13,15-18H,4,7-8,11-12H2,1-2H3/t13-,16+,17+,18-/m0/s1. The summed E-state index contributed by atoms with van der Waals surface area (Å²) in [7, 11) is 2.12. The molecule has 2 fully saturated rings. The molecule has 0 aromatic heterocycles. The number of benzene rings is 1. The first-order valence-corrected chi connectivity index (χ1v) is 8.11. The summed E-state index contributed by atoms with van der Waals surface area (Å²) < 4.78 is 15.2. The molecule has 0 N–H and O–H groups in total. The molecule has 0 unspecified atom stereocenters. The van der Waals surface area contributed by atoms with E-state index in [1.54, 1.807) is 0 Å². The molecule has 1 nitrogen and oxygen atoms in total. The van der Waals surface area contributed by atoms with E-state index in [-0.39, 0.29) is 12.0 Å². The van der Waals surface area contributed by atoms with Gasteiger partial charge in [-0.2, -0.15) is 0 Å². The van der Waals surface area contributed by atoms with Crippen LogP contribution in [0.5, 0.6) is 0 Å². The molecule has 0 radical (unpaired) electrons. The lowest BCUT2D eigenvalue weighted by Gasteiger charge is -2.34. The Morgan fingerprint density at radius 1 is 1.05 bits per heavy atom. The molecule has 1 aromatic carbocycles. The minimum absolute atomic E-state index is 0.0353. The molecule has 1 saturated carbocycles. The van der Waals surface area contributed by atoms with E-state index in [4.69, 9.17) is 0 Å². The second-order valence-electron chi connectivity index (χ2n) is 6.68. The van der Waals surface area contributed by atoms with Crippen LogP contribution in [0.2, 0.25) is 0 Å². The highest BCUT2D eigenvalue weighted by Gasteiger charge is 2.49. The maximum atomic E-state index is 15.2. The molecule has 110 valence electrons. The number of alkyl halides is 1. The van der Waals surface area contributed by atoms with Crippen LogP contribution in [-0.4, -0.2) is 30.2 Å². The summed E-state index contributed by atoms with van der Waals surface area (Å²) in [5, 5.41) is 0. The minimum atomic E-state index is -0.722. The fourth-order valence-corrected chi connectivity index (χ4v) is 4.43. The number of nitrogens with zero attached hydrogens (tertiary/aromatic N) is 1. The number of likely N-dealkylation sites (tertiary alicyclic amines) is 1. The lowest BCUT2D eigenvalue weighted by atomic mass is 9.80. The van der Waals surface area contributed by atoms with Crippen molar-refractivity contribution >= 4 is 0 Å². The topological polar surface area (TPSA) is 3.24 Å². The van der Waals surface area contributed by atoms with Crippen LogP contribution >= 0.6 is 0 Å². The van der Waals surface area contributed by atoms with Gasteiger partial charge in [0.1, 0.15) is 6.17 Å². The first-order valence-electron chi connectivity index (χ1n) is 8.11. The summed E-state index contributed by atoms with van der Waals surface area (Å²) in [4.78, 5) is 2.32. The minimum Gasteiger partial charge on any atom is -0.297 e. The molecule has 2 aliphatic rings. The van der Waals surface area contributed by atoms with Gasteiger partial charge in [0.2, 0.25) is 0 Å². The first-order chi connectivity index (χ1) is 9.70. The zero-order valence-corrected chi connectivity index (χ0v) is 12.6. The van der Waals surface area contributed by atoms with Crippen molar-refractivity contribution in [1.82, 2.24) is 4.90 Å². The largest absolute Gasteiger partial charge is 0.297 e. The van der Waals surface area contributed by atoms with Crippen LogP contribution in [0.3, 0.4) is 0 Å². The maximum absolute atomic E-state index is 15.2. The van der Waals surface area contributed by atoms with Crippen molar-refractivity contribution in [3.05, 3.63) is 35.9 Å². The van der Waals surface area contributed by atoms with Crippen molar-refractivity contribution < 1.29 is 4.39 Å². The molecule has 1 aromatic rings. The highest BCUT2D eigenvalue weighted by Crippen LogP contribution is 2.44. The molecule has 0 amide bonds. The van der Waals surface area contributed by atoms with Crippen LogP contribution in [0.1, 0.15) is 50.5 Å². The molecule has 3 rings (SSSR count). The molecular weight excluding hydrogens is 249 g/mol. The highest BCUT2D eigenvalue weighted by atomic mass is 19.1. The van der Waals surface area contributed by atoms with Gasteiger partial charge >= 0.3 is 0 Å². The molecule has 1 aliphatic carbocycles. The van der Waals surface area contributed by atoms with Gasteiger partial charge in [0.15, 0.2) is 0 Å². The third-order valence-corrected chi connectivity index (χ3v) is 5.62. The van der Waals surface area contributed by atoms with Gasteiger partial charge in [0, 0.05) is 18.0 Å². The van der Waals surface area contributed by atoms with Gasteiger partial charge in [0.05, 0.1) is 0 Å². The molecule has 0 spiro atoms. The molecule has 20 heavy (non-hydrogen) atoms. The Bertz CT molecular complexity index is 426. The summed E-state index contributed by atoms with van der Waals surface area (Å²) in [6.45, 7) is 2.19. The van der Waals surface area contributed by atoms with Crippen LogP contribution in [0.25, 0.3) is 0 Å². The number of halogens is 1. The van der Waals surface area contributed by atoms with Crippen molar-refractivity contribution in [2.45, 2.75) is 63.2 Å². The van der Waals surface area contributed by atoms with Gasteiger partial charge < -0.3 is 0 Å². The second kappa shape index (κ2) is 5.85. The van der Waals surface area contributed by atoms with Crippen LogP contribution in [-0.2, 0) is 0 Å². The fraction of sp³-hybridized carbons (Fsp3) is 0.667. The third kappa shape index (κ3) is 2.39. The zero-order chi connectivity index (χ0) is 14.1. The van der Waals surface area contributed by atoms with Gasteiger partial charge in [-0.25, -0.2) is 4.39 Å². The van der Waals surface area contributed by atoms with E-state index >= 15 is 4.39 Å². The van der Waals surface area contributed by atoms with Crippen LogP contribution in [0, 0.1) is 5.92 Å². The van der Waals surface area contributed by atoms with E-state index in [9.17, 15) is 0 Å². The Hall–Kier alpha value is -0.890. The van der Waals surface area contributed by atoms with Crippen LogP contribution in [0.4, 0.5) is 4.39 Å². The van der Waals surface area contributed by atoms with Crippen molar-refractivity contribution in [1.29, 1.82) is 0 Å². The van der Waals surface area contributed by atoms with Crippen molar-refractivity contribution in [3.63, 3.8) is 0 Å². The third-order valence-electron chi connectivity index (χ3n) is 5.62. The number of hydrogen-bond acceptors (Lipinski definition) is 1. The predicted octanol–water partition coefficient (Wildman–Crippen LogP) is 4.39. The zero-order valence-electron chi connectivity index (χ0n) is 12.6. The van der Waals surface area contributed by atoms with Crippen molar-refractivity contribution in [3.8, 4) is 0 Å². The smallest absolute Gasteiger partial charge is 0.124 e. The average molecular weight is 275 g/mol. The number of rotatable bonds is 2. The summed E-state index contributed by atoms with van der Waals surface area (Å²) in [5.74, 6) is 0.591. The van der Waals surface area contributed by atoms with Crippen LogP contribution in [0.15, 0.2) is 30.3 Å². The van der Waals surface area contributed by atoms with Crippen LogP contribution < -0.4 is 0 Å². The molecule has 0 bridgehead atoms. The van der Waals surface area contributed by atoms with E-state index < -0.39 is 6.17 Å². The summed E-state index contributed by atoms with van der Waals surface area (Å²) in [6.07, 6.45) is 5.60. The highest BCUT2D eigenvalue weighted by molar-refractivity contribution is 5.26. The Morgan fingerprint density at radius 2 is 1.70 bits per heavy atom. The van der Waals surface area contributed by atoms with E-state index in [1.807, 2.05) is 18.2 Å². The molecule has 4 atom stereocenters. The lowest BCUT2D eigenvalue weighted by molar-refractivity contribution is 0.117. The van der Waals surface area contributed by atoms with E-state index in [0.717, 1.165) is 5.56 Å². The second-order valence-corrected chi connectivity index (χ2v) is 6.68. The summed E-state index contributed by atoms with van der Waals surface area (Å²) in [5.41, 5.74) is 1.16. The predicted molar refractivity (Wildman–Crippen MR) is 81.7 cm³/mol. The molecule has 1 heterocycles. The molecular formula is C18H26FN. The van der Waals surface area contributed by atoms with Gasteiger partial charge in [-0.3, -0.25) is 4.90 Å². The first kappa shape index (κ1) is 14.1. The number of likely N-dealkylation sites (N-methyl/N-ethyl adjacent to an activating group) is 1. The Balaban J connectivity index is 1.84. The lowest BCUT2D eigenvalue weighted by Crippen LogP contribution is -2.40. The van der Waals surface area contributed by atoms with Gasteiger partial charge in [0.25, 0.3) is 0 Å². The quantitative estimate of drug-likeness (QED) is 0.773.